The van der Waals surface area contributed by atoms with Gasteiger partial charge in [0.2, 0.25) is 0 Å². The number of carbonyl (C=O) groups is 2. The minimum Gasteiger partial charge on any atom is -0.463 e. The number of hydrogen-bond acceptors (Lipinski definition) is 6. The molecule has 0 saturated heterocycles. The molecule has 0 bridgehead atoms. The molecule has 0 rings (SSSR count). The van der Waals surface area contributed by atoms with Crippen LogP contribution in [0.5, 0.6) is 0 Å². The Kier molecular flexibility index (Phi) is 10.9. The van der Waals surface area contributed by atoms with Gasteiger partial charge < -0.3 is 24.6 Å². The number of carbonyl (C=O) groups excluding carboxylic acids is 2. The highest BCUT2D eigenvalue weighted by atomic mass is 16.5. The average Bonchev–Trinajstić information content (AvgIpc) is 2.42. The number of aliphatic hydroxyl groups excluding tert-OH is 1. The van der Waals surface area contributed by atoms with E-state index < -0.39 is 12.2 Å². The molecule has 0 aromatic heterocycles. The van der Waals surface area contributed by atoms with Gasteiger partial charge in [-0.2, -0.15) is 0 Å². The van der Waals surface area contributed by atoms with Crippen molar-refractivity contribution in [3.8, 4) is 0 Å². The van der Waals surface area contributed by atoms with Gasteiger partial charge in [0.1, 0.15) is 12.7 Å². The summed E-state index contributed by atoms with van der Waals surface area (Å²) in [4.78, 5) is 22.0. The number of hydrogen-bond donors (Lipinski definition) is 2. The molecule has 0 aromatic carbocycles. The first-order chi connectivity index (χ1) is 9.10. The molecule has 1 atom stereocenters. The van der Waals surface area contributed by atoms with Gasteiger partial charge in [0, 0.05) is 19.6 Å². The number of alkyl carbamates (subject to hydrolysis) is 1. The van der Waals surface area contributed by atoms with Gasteiger partial charge in [0.25, 0.3) is 0 Å². The normalized spacial score (nSPS) is 11.7. The summed E-state index contributed by atoms with van der Waals surface area (Å²) in [6, 6.07) is 0. The molecule has 0 aliphatic rings. The number of rotatable bonds is 10. The maximum atomic E-state index is 11.3. The Morgan fingerprint density at radius 2 is 2.00 bits per heavy atom. The molecule has 0 heterocycles. The predicted molar refractivity (Wildman–Crippen MR) is 67.7 cm³/mol. The van der Waals surface area contributed by atoms with Crippen LogP contribution in [0.25, 0.3) is 0 Å². The number of methoxy groups -OCH3 is 1. The van der Waals surface area contributed by atoms with Crippen LogP contribution in [0.1, 0.15) is 26.2 Å². The van der Waals surface area contributed by atoms with Gasteiger partial charge in [-0.25, -0.2) is 4.79 Å². The molecule has 19 heavy (non-hydrogen) atoms. The van der Waals surface area contributed by atoms with Crippen LogP contribution >= 0.6 is 0 Å². The summed E-state index contributed by atoms with van der Waals surface area (Å²) in [6.45, 7) is 2.89. The van der Waals surface area contributed by atoms with Crippen molar-refractivity contribution < 1.29 is 28.9 Å². The standard InChI is InChI=1S/C12H23NO6/c1-3-18-8-10(14)9-19-11(15)6-4-5-7-13-12(16)17-2/h10,14H,3-9H2,1-2H3,(H,13,16). The van der Waals surface area contributed by atoms with Gasteiger partial charge in [-0.15, -0.1) is 0 Å². The van der Waals surface area contributed by atoms with E-state index in [2.05, 4.69) is 10.1 Å². The second-order valence-corrected chi connectivity index (χ2v) is 3.87. The molecule has 2 N–H and O–H groups in total. The third-order valence-electron chi connectivity index (χ3n) is 2.21. The highest BCUT2D eigenvalue weighted by molar-refractivity contribution is 5.69. The lowest BCUT2D eigenvalue weighted by molar-refractivity contribution is -0.147. The average molecular weight is 277 g/mol. The molecule has 1 amide bonds. The molecule has 0 aliphatic carbocycles. The Morgan fingerprint density at radius 1 is 1.26 bits per heavy atom. The Morgan fingerprint density at radius 3 is 2.63 bits per heavy atom. The van der Waals surface area contributed by atoms with Crippen LogP contribution < -0.4 is 5.32 Å². The van der Waals surface area contributed by atoms with E-state index in [-0.39, 0.29) is 25.6 Å². The number of nitrogens with one attached hydrogen (secondary N) is 1. The molecule has 112 valence electrons. The number of unbranched alkanes of at least 4 members (excludes halogenated alkanes) is 1. The Labute approximate surface area is 113 Å². The van der Waals surface area contributed by atoms with E-state index in [1.165, 1.54) is 7.11 Å². The molecule has 0 aromatic rings. The molecule has 1 unspecified atom stereocenters. The van der Waals surface area contributed by atoms with Crippen molar-refractivity contribution in [3.63, 3.8) is 0 Å². The van der Waals surface area contributed by atoms with E-state index >= 15 is 0 Å². The van der Waals surface area contributed by atoms with Gasteiger partial charge in [0.05, 0.1) is 13.7 Å². The smallest absolute Gasteiger partial charge is 0.406 e. The Bertz CT molecular complexity index is 259. The lowest BCUT2D eigenvalue weighted by Gasteiger charge is -2.11. The third kappa shape index (κ3) is 11.5. The second kappa shape index (κ2) is 11.7. The quantitative estimate of drug-likeness (QED) is 0.445. The third-order valence-corrected chi connectivity index (χ3v) is 2.21. The van der Waals surface area contributed by atoms with Crippen LogP contribution in [-0.2, 0) is 19.0 Å². The Hall–Kier alpha value is -1.34. The fourth-order valence-corrected chi connectivity index (χ4v) is 1.22. The van der Waals surface area contributed by atoms with Crippen molar-refractivity contribution in [2.45, 2.75) is 32.3 Å². The van der Waals surface area contributed by atoms with Crippen molar-refractivity contribution in [3.05, 3.63) is 0 Å². The van der Waals surface area contributed by atoms with Gasteiger partial charge in [0.15, 0.2) is 0 Å². The first-order valence-electron chi connectivity index (χ1n) is 6.33. The molecular formula is C12H23NO6. The van der Waals surface area contributed by atoms with Crippen molar-refractivity contribution in [2.24, 2.45) is 0 Å². The second-order valence-electron chi connectivity index (χ2n) is 3.87. The SMILES string of the molecule is CCOCC(O)COC(=O)CCCCNC(=O)OC. The van der Waals surface area contributed by atoms with Crippen molar-refractivity contribution in [1.29, 1.82) is 0 Å². The molecule has 7 nitrogen and oxygen atoms in total. The van der Waals surface area contributed by atoms with Crippen LogP contribution in [-0.4, -0.2) is 56.7 Å². The lowest BCUT2D eigenvalue weighted by atomic mass is 10.2. The first kappa shape index (κ1) is 17.7. The zero-order valence-corrected chi connectivity index (χ0v) is 11.5. The van der Waals surface area contributed by atoms with E-state index in [9.17, 15) is 14.7 Å². The monoisotopic (exact) mass is 277 g/mol. The molecule has 0 radical (unpaired) electrons. The van der Waals surface area contributed by atoms with Crippen molar-refractivity contribution in [2.75, 3.05) is 33.5 Å². The van der Waals surface area contributed by atoms with Gasteiger partial charge >= 0.3 is 12.1 Å². The highest BCUT2D eigenvalue weighted by Crippen LogP contribution is 1.98. The first-order valence-corrected chi connectivity index (χ1v) is 6.33. The summed E-state index contributed by atoms with van der Waals surface area (Å²) in [5, 5.41) is 11.9. The zero-order valence-electron chi connectivity index (χ0n) is 11.5. The predicted octanol–water partition coefficient (Wildman–Crippen LogP) is 0.453. The van der Waals surface area contributed by atoms with E-state index in [0.29, 0.717) is 26.0 Å². The summed E-state index contributed by atoms with van der Waals surface area (Å²) in [5.74, 6) is -0.367. The van der Waals surface area contributed by atoms with Crippen LogP contribution in [0.3, 0.4) is 0 Å². The zero-order chi connectivity index (χ0) is 14.5. The number of ether oxygens (including phenoxy) is 3. The number of aliphatic hydroxyl groups is 1. The molecule has 7 heteroatoms. The molecular weight excluding hydrogens is 254 g/mol. The van der Waals surface area contributed by atoms with Crippen LogP contribution in [0.4, 0.5) is 4.79 Å². The largest absolute Gasteiger partial charge is 0.463 e. The van der Waals surface area contributed by atoms with E-state index in [1.807, 2.05) is 6.92 Å². The van der Waals surface area contributed by atoms with Gasteiger partial charge in [-0.05, 0) is 19.8 Å². The molecule has 0 saturated carbocycles. The molecule has 0 aliphatic heterocycles. The fraction of sp³-hybridized carbons (Fsp3) is 0.833. The van der Waals surface area contributed by atoms with Crippen LogP contribution in [0.2, 0.25) is 0 Å². The Balaban J connectivity index is 3.41. The summed E-state index contributed by atoms with van der Waals surface area (Å²) in [7, 11) is 1.29. The molecule has 0 spiro atoms. The number of esters is 1. The van der Waals surface area contributed by atoms with E-state index in [0.717, 1.165) is 0 Å². The van der Waals surface area contributed by atoms with E-state index in [4.69, 9.17) is 9.47 Å². The topological polar surface area (TPSA) is 94.1 Å². The van der Waals surface area contributed by atoms with Crippen molar-refractivity contribution in [1.82, 2.24) is 5.32 Å². The summed E-state index contributed by atoms with van der Waals surface area (Å²) in [6.07, 6.45) is 0.242. The van der Waals surface area contributed by atoms with Crippen LogP contribution in [0, 0.1) is 0 Å². The lowest BCUT2D eigenvalue weighted by Crippen LogP contribution is -2.25. The maximum Gasteiger partial charge on any atom is 0.406 e. The van der Waals surface area contributed by atoms with Gasteiger partial charge in [-0.3, -0.25) is 4.79 Å². The summed E-state index contributed by atoms with van der Waals surface area (Å²) >= 11 is 0. The summed E-state index contributed by atoms with van der Waals surface area (Å²) in [5.41, 5.74) is 0. The maximum absolute atomic E-state index is 11.3. The minimum atomic E-state index is -0.787. The summed E-state index contributed by atoms with van der Waals surface area (Å²) < 4.78 is 14.2. The van der Waals surface area contributed by atoms with E-state index in [1.54, 1.807) is 0 Å². The number of amides is 1. The van der Waals surface area contributed by atoms with Crippen molar-refractivity contribution >= 4 is 12.1 Å². The van der Waals surface area contributed by atoms with Crippen LogP contribution in [0.15, 0.2) is 0 Å². The highest BCUT2D eigenvalue weighted by Gasteiger charge is 2.08. The van der Waals surface area contributed by atoms with Gasteiger partial charge in [-0.1, -0.05) is 0 Å². The molecule has 0 fully saturated rings. The fourth-order valence-electron chi connectivity index (χ4n) is 1.22. The minimum absolute atomic E-state index is 0.0563.